The Bertz CT molecular complexity index is 962. The van der Waals surface area contributed by atoms with E-state index in [2.05, 4.69) is 5.10 Å². The van der Waals surface area contributed by atoms with Crippen molar-refractivity contribution in [3.63, 3.8) is 0 Å². The van der Waals surface area contributed by atoms with Gasteiger partial charge in [0, 0.05) is 41.8 Å². The van der Waals surface area contributed by atoms with Crippen LogP contribution < -0.4 is 9.64 Å². The summed E-state index contributed by atoms with van der Waals surface area (Å²) in [6.07, 6.45) is 5.04. The van der Waals surface area contributed by atoms with Crippen molar-refractivity contribution in [1.82, 2.24) is 9.78 Å². The maximum absolute atomic E-state index is 13.4. The zero-order valence-corrected chi connectivity index (χ0v) is 16.1. The third-order valence-electron chi connectivity index (χ3n) is 6.12. The van der Waals surface area contributed by atoms with Gasteiger partial charge in [-0.2, -0.15) is 5.10 Å². The van der Waals surface area contributed by atoms with E-state index in [-0.39, 0.29) is 18.9 Å². The molecule has 2 fully saturated rings. The first-order valence-corrected chi connectivity index (χ1v) is 10.1. The molecule has 1 atom stereocenters. The molecule has 6 nitrogen and oxygen atoms in total. The van der Waals surface area contributed by atoms with E-state index < -0.39 is 18.1 Å². The lowest BCUT2D eigenvalue weighted by Crippen LogP contribution is -2.44. The van der Waals surface area contributed by atoms with Crippen LogP contribution in [0.4, 0.5) is 19.3 Å². The van der Waals surface area contributed by atoms with E-state index in [0.29, 0.717) is 30.3 Å². The maximum atomic E-state index is 13.4. The van der Waals surface area contributed by atoms with Gasteiger partial charge in [-0.1, -0.05) is 0 Å². The number of nitrogens with zero attached hydrogens (tertiary/aromatic N) is 3. The van der Waals surface area contributed by atoms with E-state index in [4.69, 9.17) is 4.74 Å². The molecule has 1 aromatic carbocycles. The summed E-state index contributed by atoms with van der Waals surface area (Å²) in [4.78, 5) is 13.2. The molecule has 29 heavy (non-hydrogen) atoms. The van der Waals surface area contributed by atoms with Crippen molar-refractivity contribution in [3.8, 4) is 16.9 Å². The van der Waals surface area contributed by atoms with Crippen molar-refractivity contribution in [2.75, 3.05) is 4.90 Å². The lowest BCUT2D eigenvalue weighted by molar-refractivity contribution is -0.134. The second kappa shape index (κ2) is 6.43. The molecule has 0 saturated heterocycles. The molecule has 1 N–H and O–H groups in total. The van der Waals surface area contributed by atoms with Gasteiger partial charge in [0.2, 0.25) is 0 Å². The normalized spacial score (nSPS) is 23.4. The van der Waals surface area contributed by atoms with Crippen LogP contribution in [0.2, 0.25) is 0 Å². The van der Waals surface area contributed by atoms with Crippen LogP contribution in [-0.2, 0) is 6.42 Å². The molecule has 154 valence electrons. The molecule has 1 aliphatic heterocycles. The Morgan fingerprint density at radius 1 is 1.28 bits per heavy atom. The molecule has 5 rings (SSSR count). The quantitative estimate of drug-likeness (QED) is 0.790. The van der Waals surface area contributed by atoms with Gasteiger partial charge in [0.25, 0.3) is 5.92 Å². The third kappa shape index (κ3) is 3.24. The summed E-state index contributed by atoms with van der Waals surface area (Å²) >= 11 is 0. The van der Waals surface area contributed by atoms with Crippen molar-refractivity contribution in [2.24, 2.45) is 0 Å². The van der Waals surface area contributed by atoms with Crippen LogP contribution in [0.15, 0.2) is 24.5 Å². The Labute approximate surface area is 167 Å². The van der Waals surface area contributed by atoms with E-state index in [1.807, 2.05) is 23.9 Å². The van der Waals surface area contributed by atoms with Gasteiger partial charge in [-0.15, -0.1) is 0 Å². The summed E-state index contributed by atoms with van der Waals surface area (Å²) in [6.45, 7) is 1.87. The van der Waals surface area contributed by atoms with Gasteiger partial charge in [0.1, 0.15) is 11.9 Å². The number of hydrogen-bond donors (Lipinski definition) is 1. The standard InChI is InChI=1S/C21H23F2N3O3/c1-12-2-5-17-18(26(12)20(27)28)7-6-16(13-10-24-25(11-13)14-3-4-14)19(17)29-15-8-21(22,23)9-15/h6-7,10-12,14-15H,2-5,8-9H2,1H3,(H,27,28). The SMILES string of the molecule is CC1CCc2c(ccc(-c3cnn(C4CC4)c3)c2OC2CC(F)(F)C2)N1C(=O)O. The number of halogens is 2. The van der Waals surface area contributed by atoms with Gasteiger partial charge in [0.15, 0.2) is 0 Å². The predicted octanol–water partition coefficient (Wildman–Crippen LogP) is 4.88. The number of rotatable bonds is 4. The third-order valence-corrected chi connectivity index (χ3v) is 6.12. The number of ether oxygens (including phenoxy) is 1. The lowest BCUT2D eigenvalue weighted by atomic mass is 9.89. The molecule has 1 amide bonds. The van der Waals surface area contributed by atoms with Gasteiger partial charge in [-0.3, -0.25) is 9.58 Å². The van der Waals surface area contributed by atoms with Gasteiger partial charge in [0.05, 0.1) is 17.9 Å². The minimum Gasteiger partial charge on any atom is -0.489 e. The molecule has 1 unspecified atom stereocenters. The number of carboxylic acid groups (broad SMARTS) is 1. The molecule has 2 aliphatic carbocycles. The Balaban J connectivity index is 1.57. The van der Waals surface area contributed by atoms with Crippen LogP contribution in [0, 0.1) is 0 Å². The van der Waals surface area contributed by atoms with Crippen molar-refractivity contribution >= 4 is 11.8 Å². The smallest absolute Gasteiger partial charge is 0.412 e. The van der Waals surface area contributed by atoms with Gasteiger partial charge in [-0.25, -0.2) is 13.6 Å². The van der Waals surface area contributed by atoms with Crippen LogP contribution in [-0.4, -0.2) is 39.0 Å². The van der Waals surface area contributed by atoms with Crippen LogP contribution in [0.5, 0.6) is 5.75 Å². The number of benzene rings is 1. The molecule has 3 aliphatic rings. The van der Waals surface area contributed by atoms with Crippen LogP contribution in [0.25, 0.3) is 11.1 Å². The van der Waals surface area contributed by atoms with Gasteiger partial charge >= 0.3 is 6.09 Å². The lowest BCUT2D eigenvalue weighted by Gasteiger charge is -2.38. The fourth-order valence-corrected chi connectivity index (χ4v) is 4.33. The van der Waals surface area contributed by atoms with Crippen LogP contribution in [0.1, 0.15) is 50.6 Å². The summed E-state index contributed by atoms with van der Waals surface area (Å²) < 4.78 is 34.8. The second-order valence-electron chi connectivity index (χ2n) is 8.42. The molecule has 2 heterocycles. The minimum atomic E-state index is -2.68. The fourth-order valence-electron chi connectivity index (χ4n) is 4.33. The Hall–Kier alpha value is -2.64. The van der Waals surface area contributed by atoms with E-state index >= 15 is 0 Å². The number of amides is 1. The molecular formula is C21H23F2N3O3. The number of alkyl halides is 2. The summed E-state index contributed by atoms with van der Waals surface area (Å²) in [5, 5.41) is 14.1. The summed E-state index contributed by atoms with van der Waals surface area (Å²) in [6, 6.07) is 3.90. The largest absolute Gasteiger partial charge is 0.489 e. The minimum absolute atomic E-state index is 0.149. The fraction of sp³-hybridized carbons (Fsp3) is 0.524. The molecule has 2 aromatic rings. The van der Waals surface area contributed by atoms with Crippen molar-refractivity contribution in [1.29, 1.82) is 0 Å². The highest BCUT2D eigenvalue weighted by Crippen LogP contribution is 2.47. The summed E-state index contributed by atoms with van der Waals surface area (Å²) in [5.41, 5.74) is 3.00. The van der Waals surface area contributed by atoms with Gasteiger partial charge in [-0.05, 0) is 44.7 Å². The Morgan fingerprint density at radius 3 is 2.69 bits per heavy atom. The highest BCUT2D eigenvalue weighted by atomic mass is 19.3. The number of fused-ring (bicyclic) bond motifs is 1. The molecule has 0 spiro atoms. The number of hydrogen-bond acceptors (Lipinski definition) is 3. The molecular weight excluding hydrogens is 380 g/mol. The number of carbonyl (C=O) groups is 1. The second-order valence-corrected chi connectivity index (χ2v) is 8.42. The zero-order chi connectivity index (χ0) is 20.3. The van der Waals surface area contributed by atoms with E-state index in [1.165, 1.54) is 4.90 Å². The van der Waals surface area contributed by atoms with Gasteiger partial charge < -0.3 is 9.84 Å². The van der Waals surface area contributed by atoms with Crippen LogP contribution in [0.3, 0.4) is 0 Å². The topological polar surface area (TPSA) is 67.6 Å². The van der Waals surface area contributed by atoms with Crippen molar-refractivity contribution < 1.29 is 23.4 Å². The average molecular weight is 403 g/mol. The molecule has 2 saturated carbocycles. The highest BCUT2D eigenvalue weighted by Gasteiger charge is 2.47. The Morgan fingerprint density at radius 2 is 2.03 bits per heavy atom. The Kier molecular flexibility index (Phi) is 4.08. The first-order chi connectivity index (χ1) is 13.8. The maximum Gasteiger partial charge on any atom is 0.412 e. The monoisotopic (exact) mass is 403 g/mol. The zero-order valence-electron chi connectivity index (χ0n) is 16.1. The molecule has 8 heteroatoms. The van der Waals surface area contributed by atoms with Crippen molar-refractivity contribution in [3.05, 3.63) is 30.1 Å². The summed E-state index contributed by atoms with van der Waals surface area (Å²) in [7, 11) is 0. The number of anilines is 1. The first kappa shape index (κ1) is 18.4. The molecule has 1 aromatic heterocycles. The van der Waals surface area contributed by atoms with E-state index in [1.54, 1.807) is 12.3 Å². The average Bonchev–Trinajstić information content (AvgIpc) is 3.37. The molecule has 0 radical (unpaired) electrons. The predicted molar refractivity (Wildman–Crippen MR) is 103 cm³/mol. The van der Waals surface area contributed by atoms with Crippen LogP contribution >= 0.6 is 0 Å². The van der Waals surface area contributed by atoms with Crippen molar-refractivity contribution in [2.45, 2.75) is 69.6 Å². The van der Waals surface area contributed by atoms with E-state index in [9.17, 15) is 18.7 Å². The summed E-state index contributed by atoms with van der Waals surface area (Å²) in [5.74, 6) is -2.16. The number of aromatic nitrogens is 2. The molecule has 0 bridgehead atoms. The first-order valence-electron chi connectivity index (χ1n) is 10.1. The van der Waals surface area contributed by atoms with E-state index in [0.717, 1.165) is 29.5 Å². The highest BCUT2D eigenvalue weighted by molar-refractivity contribution is 5.91.